The van der Waals surface area contributed by atoms with E-state index in [-0.39, 0.29) is 11.9 Å². The number of hydrogen-bond donors (Lipinski definition) is 2. The van der Waals surface area contributed by atoms with Crippen LogP contribution in [0.4, 0.5) is 10.1 Å². The zero-order valence-electron chi connectivity index (χ0n) is 9.87. The van der Waals surface area contributed by atoms with Crippen LogP contribution in [0.25, 0.3) is 0 Å². The van der Waals surface area contributed by atoms with Crippen molar-refractivity contribution in [3.63, 3.8) is 0 Å². The third-order valence-corrected chi connectivity index (χ3v) is 2.46. The molecule has 4 heteroatoms. The molecular formula is C13H17FN2O. The van der Waals surface area contributed by atoms with Crippen LogP contribution in [-0.4, -0.2) is 11.9 Å². The van der Waals surface area contributed by atoms with E-state index >= 15 is 0 Å². The molecule has 1 aromatic carbocycles. The molecule has 0 heterocycles. The first kappa shape index (κ1) is 13.2. The second-order valence-corrected chi connectivity index (χ2v) is 3.97. The van der Waals surface area contributed by atoms with Gasteiger partial charge < -0.3 is 11.1 Å². The highest BCUT2D eigenvalue weighted by Gasteiger charge is 2.09. The first-order valence-corrected chi connectivity index (χ1v) is 5.51. The smallest absolute Gasteiger partial charge is 0.248 e. The molecule has 0 fully saturated rings. The average molecular weight is 236 g/mol. The molecule has 1 unspecified atom stereocenters. The van der Waals surface area contributed by atoms with Crippen LogP contribution in [0.3, 0.4) is 0 Å². The molecule has 0 aromatic heterocycles. The van der Waals surface area contributed by atoms with Crippen LogP contribution in [-0.2, 0) is 0 Å². The minimum Gasteiger partial charge on any atom is -0.380 e. The third-order valence-electron chi connectivity index (χ3n) is 2.46. The Balaban J connectivity index is 2.78. The fraction of sp³-hybridized carbons (Fsp3) is 0.308. The van der Waals surface area contributed by atoms with Gasteiger partial charge >= 0.3 is 0 Å². The molecule has 17 heavy (non-hydrogen) atoms. The van der Waals surface area contributed by atoms with Gasteiger partial charge in [-0.2, -0.15) is 0 Å². The molecular weight excluding hydrogens is 219 g/mol. The molecule has 0 radical (unpaired) electrons. The molecule has 1 amide bonds. The number of halogens is 1. The van der Waals surface area contributed by atoms with Crippen LogP contribution < -0.4 is 11.1 Å². The molecule has 0 spiro atoms. The maximum atomic E-state index is 13.5. The van der Waals surface area contributed by atoms with Gasteiger partial charge in [0.25, 0.3) is 0 Å². The van der Waals surface area contributed by atoms with Gasteiger partial charge in [-0.05, 0) is 38.0 Å². The number of nitrogens with one attached hydrogen (secondary N) is 1. The number of amides is 1. The molecule has 1 aromatic rings. The standard InChI is InChI=1S/C13H17FN2O/c1-3-4-5-9(2)16-12-8-10(13(15)17)6-7-11(12)14/h3,6-9,16H,1,4-5H2,2H3,(H2,15,17). The van der Waals surface area contributed by atoms with E-state index in [0.717, 1.165) is 12.8 Å². The summed E-state index contributed by atoms with van der Waals surface area (Å²) in [6, 6.07) is 4.15. The normalized spacial score (nSPS) is 11.9. The van der Waals surface area contributed by atoms with Crippen molar-refractivity contribution in [1.29, 1.82) is 0 Å². The maximum absolute atomic E-state index is 13.5. The lowest BCUT2D eigenvalue weighted by Gasteiger charge is -2.15. The van der Waals surface area contributed by atoms with Crippen molar-refractivity contribution in [2.24, 2.45) is 5.73 Å². The van der Waals surface area contributed by atoms with Crippen molar-refractivity contribution >= 4 is 11.6 Å². The summed E-state index contributed by atoms with van der Waals surface area (Å²) in [6.45, 7) is 5.58. The van der Waals surface area contributed by atoms with Gasteiger partial charge in [-0.3, -0.25) is 4.79 Å². The molecule has 92 valence electrons. The lowest BCUT2D eigenvalue weighted by Crippen LogP contribution is -2.17. The summed E-state index contributed by atoms with van der Waals surface area (Å²) >= 11 is 0. The van der Waals surface area contributed by atoms with Crippen molar-refractivity contribution in [3.8, 4) is 0 Å². The van der Waals surface area contributed by atoms with E-state index in [2.05, 4.69) is 11.9 Å². The van der Waals surface area contributed by atoms with Gasteiger partial charge in [-0.1, -0.05) is 6.08 Å². The maximum Gasteiger partial charge on any atom is 0.248 e. The van der Waals surface area contributed by atoms with E-state index in [1.54, 1.807) is 0 Å². The minimum absolute atomic E-state index is 0.102. The first-order chi connectivity index (χ1) is 8.04. The van der Waals surface area contributed by atoms with Gasteiger partial charge in [-0.15, -0.1) is 6.58 Å². The molecule has 0 aliphatic heterocycles. The molecule has 0 bridgehead atoms. The van der Waals surface area contributed by atoms with Gasteiger partial charge in [0, 0.05) is 11.6 Å². The Hall–Kier alpha value is -1.84. The number of carbonyl (C=O) groups excluding carboxylic acids is 1. The molecule has 0 aliphatic rings. The Labute approximate surface area is 101 Å². The fourth-order valence-electron chi connectivity index (χ4n) is 1.49. The highest BCUT2D eigenvalue weighted by atomic mass is 19.1. The largest absolute Gasteiger partial charge is 0.380 e. The predicted octanol–water partition coefficient (Wildman–Crippen LogP) is 2.69. The number of hydrogen-bond acceptors (Lipinski definition) is 2. The van der Waals surface area contributed by atoms with E-state index in [4.69, 9.17) is 5.73 Å². The number of anilines is 1. The predicted molar refractivity (Wildman–Crippen MR) is 67.4 cm³/mol. The van der Waals surface area contributed by atoms with Gasteiger partial charge in [0.15, 0.2) is 0 Å². The van der Waals surface area contributed by atoms with Crippen LogP contribution in [0.5, 0.6) is 0 Å². The van der Waals surface area contributed by atoms with Crippen molar-refractivity contribution < 1.29 is 9.18 Å². The second kappa shape index (κ2) is 6.03. The van der Waals surface area contributed by atoms with Crippen LogP contribution in [0.2, 0.25) is 0 Å². The first-order valence-electron chi connectivity index (χ1n) is 5.51. The van der Waals surface area contributed by atoms with Gasteiger partial charge in [-0.25, -0.2) is 4.39 Å². The quantitative estimate of drug-likeness (QED) is 0.746. The zero-order valence-corrected chi connectivity index (χ0v) is 9.87. The molecule has 1 atom stereocenters. The number of carbonyl (C=O) groups is 1. The van der Waals surface area contributed by atoms with Crippen LogP contribution in [0.15, 0.2) is 30.9 Å². The Kier molecular flexibility index (Phi) is 4.69. The van der Waals surface area contributed by atoms with Gasteiger partial charge in [0.2, 0.25) is 5.91 Å². The topological polar surface area (TPSA) is 55.1 Å². The van der Waals surface area contributed by atoms with Crippen molar-refractivity contribution in [2.45, 2.75) is 25.8 Å². The lowest BCUT2D eigenvalue weighted by molar-refractivity contribution is 0.100. The number of nitrogens with two attached hydrogens (primary N) is 1. The van der Waals surface area contributed by atoms with Gasteiger partial charge in [0.1, 0.15) is 5.82 Å². The third kappa shape index (κ3) is 3.90. The molecule has 3 N–H and O–H groups in total. The molecule has 3 nitrogen and oxygen atoms in total. The Morgan fingerprint density at radius 3 is 2.94 bits per heavy atom. The van der Waals surface area contributed by atoms with E-state index in [9.17, 15) is 9.18 Å². The molecule has 0 saturated heterocycles. The van der Waals surface area contributed by atoms with Crippen LogP contribution >= 0.6 is 0 Å². The number of rotatable bonds is 6. The van der Waals surface area contributed by atoms with Crippen molar-refractivity contribution in [3.05, 3.63) is 42.2 Å². The molecule has 0 saturated carbocycles. The Bertz CT molecular complexity index is 418. The fourth-order valence-corrected chi connectivity index (χ4v) is 1.49. The molecule has 1 rings (SSSR count). The highest BCUT2D eigenvalue weighted by Crippen LogP contribution is 2.18. The average Bonchev–Trinajstić information content (AvgIpc) is 2.29. The van der Waals surface area contributed by atoms with E-state index < -0.39 is 5.91 Å². The monoisotopic (exact) mass is 236 g/mol. The summed E-state index contributed by atoms with van der Waals surface area (Å²) in [5.74, 6) is -0.952. The Morgan fingerprint density at radius 1 is 1.65 bits per heavy atom. The summed E-state index contributed by atoms with van der Waals surface area (Å²) in [7, 11) is 0. The highest BCUT2D eigenvalue weighted by molar-refractivity contribution is 5.93. The van der Waals surface area contributed by atoms with E-state index in [0.29, 0.717) is 11.3 Å². The molecule has 0 aliphatic carbocycles. The summed E-state index contributed by atoms with van der Waals surface area (Å²) in [5.41, 5.74) is 5.74. The summed E-state index contributed by atoms with van der Waals surface area (Å²) in [4.78, 5) is 11.0. The Morgan fingerprint density at radius 2 is 2.35 bits per heavy atom. The summed E-state index contributed by atoms with van der Waals surface area (Å²) in [6.07, 6.45) is 3.52. The van der Waals surface area contributed by atoms with Crippen LogP contribution in [0.1, 0.15) is 30.1 Å². The van der Waals surface area contributed by atoms with Gasteiger partial charge in [0.05, 0.1) is 5.69 Å². The lowest BCUT2D eigenvalue weighted by atomic mass is 10.1. The zero-order chi connectivity index (χ0) is 12.8. The van der Waals surface area contributed by atoms with Crippen LogP contribution in [0, 0.1) is 5.82 Å². The van der Waals surface area contributed by atoms with Crippen molar-refractivity contribution in [1.82, 2.24) is 0 Å². The number of benzene rings is 1. The SMILES string of the molecule is C=CCCC(C)Nc1cc(C(N)=O)ccc1F. The second-order valence-electron chi connectivity index (χ2n) is 3.97. The minimum atomic E-state index is -0.563. The van der Waals surface area contributed by atoms with Crippen molar-refractivity contribution in [2.75, 3.05) is 5.32 Å². The summed E-state index contributed by atoms with van der Waals surface area (Å²) in [5, 5.41) is 3.01. The van der Waals surface area contributed by atoms with E-state index in [1.807, 2.05) is 13.0 Å². The summed E-state index contributed by atoms with van der Waals surface area (Å²) < 4.78 is 13.5. The number of allylic oxidation sites excluding steroid dienone is 1. The number of primary amides is 1. The van der Waals surface area contributed by atoms with E-state index in [1.165, 1.54) is 18.2 Å².